The molecule has 3 aliphatic rings. The topological polar surface area (TPSA) is 0 Å². The molecule has 2 aromatic rings. The van der Waals surface area contributed by atoms with Gasteiger partial charge in [-0.15, -0.1) is 0 Å². The van der Waals surface area contributed by atoms with Crippen LogP contribution in [0.25, 0.3) is 0 Å². The van der Waals surface area contributed by atoms with Crippen molar-refractivity contribution in [3.05, 3.63) is 70.8 Å². The number of rotatable bonds is 0. The molecule has 1 saturated carbocycles. The standard InChI is InChI=1S/C18H16/c1-3-7-13-11(5-1)15-9-10-16-12-6-2-4-8-14(12)18(16)17(13)15/h1-8,15-18H,9-10H2/t15-,16+,17+,18-. The van der Waals surface area contributed by atoms with Crippen molar-refractivity contribution in [1.82, 2.24) is 0 Å². The van der Waals surface area contributed by atoms with Crippen LogP contribution in [0.1, 0.15) is 58.8 Å². The van der Waals surface area contributed by atoms with Crippen molar-refractivity contribution in [2.45, 2.75) is 36.5 Å². The minimum atomic E-state index is 0.829. The summed E-state index contributed by atoms with van der Waals surface area (Å²) in [6, 6.07) is 18.3. The molecule has 0 heterocycles. The van der Waals surface area contributed by atoms with Crippen LogP contribution >= 0.6 is 0 Å². The van der Waals surface area contributed by atoms with E-state index in [2.05, 4.69) is 48.5 Å². The van der Waals surface area contributed by atoms with E-state index in [0.29, 0.717) is 0 Å². The van der Waals surface area contributed by atoms with E-state index in [-0.39, 0.29) is 0 Å². The molecule has 0 aromatic heterocycles. The van der Waals surface area contributed by atoms with Gasteiger partial charge in [-0.05, 0) is 58.8 Å². The largest absolute Gasteiger partial charge is 0.0620 e. The molecule has 3 aliphatic carbocycles. The molecule has 1 fully saturated rings. The molecule has 0 bridgehead atoms. The lowest BCUT2D eigenvalue weighted by Gasteiger charge is -2.56. The summed E-state index contributed by atoms with van der Waals surface area (Å²) in [4.78, 5) is 0. The molecule has 0 amide bonds. The van der Waals surface area contributed by atoms with Gasteiger partial charge in [-0.2, -0.15) is 0 Å². The Kier molecular flexibility index (Phi) is 1.59. The Hall–Kier alpha value is -1.56. The van der Waals surface area contributed by atoms with Gasteiger partial charge < -0.3 is 0 Å². The summed E-state index contributed by atoms with van der Waals surface area (Å²) in [6.45, 7) is 0. The number of fused-ring (bicyclic) bond motifs is 9. The van der Waals surface area contributed by atoms with Crippen LogP contribution < -0.4 is 0 Å². The van der Waals surface area contributed by atoms with Gasteiger partial charge in [-0.3, -0.25) is 0 Å². The summed E-state index contributed by atoms with van der Waals surface area (Å²) in [6.07, 6.45) is 2.80. The molecule has 0 heteroatoms. The second-order valence-corrected chi connectivity index (χ2v) is 6.10. The highest BCUT2D eigenvalue weighted by Crippen LogP contribution is 2.68. The fraction of sp³-hybridized carbons (Fsp3) is 0.333. The number of hydrogen-bond donors (Lipinski definition) is 0. The van der Waals surface area contributed by atoms with Gasteiger partial charge >= 0.3 is 0 Å². The van der Waals surface area contributed by atoms with E-state index in [1.54, 1.807) is 22.3 Å². The summed E-state index contributed by atoms with van der Waals surface area (Å²) in [5.41, 5.74) is 6.58. The first-order valence-corrected chi connectivity index (χ1v) is 7.13. The first-order valence-electron chi connectivity index (χ1n) is 7.13. The summed E-state index contributed by atoms with van der Waals surface area (Å²) >= 11 is 0. The summed E-state index contributed by atoms with van der Waals surface area (Å²) in [5.74, 6) is 3.37. The second-order valence-electron chi connectivity index (χ2n) is 6.10. The maximum absolute atomic E-state index is 2.36. The lowest BCUT2D eigenvalue weighted by atomic mass is 9.47. The third-order valence-corrected chi connectivity index (χ3v) is 5.55. The van der Waals surface area contributed by atoms with Gasteiger partial charge in [0.2, 0.25) is 0 Å². The number of hydrogen-bond acceptors (Lipinski definition) is 0. The monoisotopic (exact) mass is 232 g/mol. The Labute approximate surface area is 108 Å². The van der Waals surface area contributed by atoms with Crippen LogP contribution in [-0.4, -0.2) is 0 Å². The molecule has 0 unspecified atom stereocenters. The Morgan fingerprint density at radius 3 is 1.39 bits per heavy atom. The van der Waals surface area contributed by atoms with Crippen molar-refractivity contribution < 1.29 is 0 Å². The Morgan fingerprint density at radius 1 is 0.556 bits per heavy atom. The van der Waals surface area contributed by atoms with Gasteiger partial charge in [0.15, 0.2) is 0 Å². The van der Waals surface area contributed by atoms with Gasteiger partial charge in [-0.25, -0.2) is 0 Å². The average molecular weight is 232 g/mol. The summed E-state index contributed by atoms with van der Waals surface area (Å²) in [5, 5.41) is 0. The van der Waals surface area contributed by atoms with Crippen LogP contribution in [-0.2, 0) is 0 Å². The van der Waals surface area contributed by atoms with Crippen LogP contribution in [0, 0.1) is 0 Å². The molecule has 0 N–H and O–H groups in total. The van der Waals surface area contributed by atoms with E-state index in [1.165, 1.54) is 12.8 Å². The highest BCUT2D eigenvalue weighted by Gasteiger charge is 2.53. The van der Waals surface area contributed by atoms with Crippen LogP contribution in [0.3, 0.4) is 0 Å². The molecule has 18 heavy (non-hydrogen) atoms. The molecular formula is C18H16. The summed E-state index contributed by atoms with van der Waals surface area (Å²) < 4.78 is 0. The average Bonchev–Trinajstić information content (AvgIpc) is 2.41. The van der Waals surface area contributed by atoms with Crippen molar-refractivity contribution >= 4 is 0 Å². The molecule has 0 spiro atoms. The predicted molar refractivity (Wildman–Crippen MR) is 73.1 cm³/mol. The van der Waals surface area contributed by atoms with E-state index in [0.717, 1.165) is 23.7 Å². The smallest absolute Gasteiger partial charge is 0.00153 e. The van der Waals surface area contributed by atoms with Gasteiger partial charge in [-0.1, -0.05) is 48.5 Å². The third kappa shape index (κ3) is 0.913. The van der Waals surface area contributed by atoms with Crippen LogP contribution in [0.5, 0.6) is 0 Å². The number of benzene rings is 2. The minimum absolute atomic E-state index is 0.829. The molecule has 4 atom stereocenters. The highest BCUT2D eigenvalue weighted by molar-refractivity contribution is 5.56. The zero-order valence-corrected chi connectivity index (χ0v) is 10.3. The van der Waals surface area contributed by atoms with E-state index < -0.39 is 0 Å². The van der Waals surface area contributed by atoms with Crippen molar-refractivity contribution in [3.8, 4) is 0 Å². The van der Waals surface area contributed by atoms with Crippen LogP contribution in [0.15, 0.2) is 48.5 Å². The Balaban J connectivity index is 1.66. The normalized spacial score (nSPS) is 34.2. The minimum Gasteiger partial charge on any atom is -0.0620 e. The maximum atomic E-state index is 2.36. The summed E-state index contributed by atoms with van der Waals surface area (Å²) in [7, 11) is 0. The third-order valence-electron chi connectivity index (χ3n) is 5.55. The van der Waals surface area contributed by atoms with Gasteiger partial charge in [0.05, 0.1) is 0 Å². The highest BCUT2D eigenvalue weighted by atomic mass is 14.6. The molecule has 0 aliphatic heterocycles. The van der Waals surface area contributed by atoms with Crippen molar-refractivity contribution in [2.24, 2.45) is 0 Å². The lowest BCUT2D eigenvalue weighted by Crippen LogP contribution is -2.41. The molecule has 2 aromatic carbocycles. The van der Waals surface area contributed by atoms with Crippen molar-refractivity contribution in [1.29, 1.82) is 0 Å². The SMILES string of the molecule is c1ccc2c(c1)[C@@H]1[C@@H]3c4ccccc4[C@@H]3CC[C@H]21. The van der Waals surface area contributed by atoms with E-state index >= 15 is 0 Å². The maximum Gasteiger partial charge on any atom is -0.00153 e. The van der Waals surface area contributed by atoms with Crippen molar-refractivity contribution in [2.75, 3.05) is 0 Å². The molecule has 0 saturated heterocycles. The van der Waals surface area contributed by atoms with E-state index in [1.807, 2.05) is 0 Å². The molecular weight excluding hydrogens is 216 g/mol. The quantitative estimate of drug-likeness (QED) is 0.625. The van der Waals surface area contributed by atoms with Crippen molar-refractivity contribution in [3.63, 3.8) is 0 Å². The van der Waals surface area contributed by atoms with Gasteiger partial charge in [0.1, 0.15) is 0 Å². The molecule has 88 valence electrons. The van der Waals surface area contributed by atoms with Gasteiger partial charge in [0.25, 0.3) is 0 Å². The zero-order chi connectivity index (χ0) is 11.7. The first-order chi connectivity index (χ1) is 8.95. The van der Waals surface area contributed by atoms with Crippen LogP contribution in [0.2, 0.25) is 0 Å². The fourth-order valence-electron chi connectivity index (χ4n) is 4.85. The van der Waals surface area contributed by atoms with E-state index in [4.69, 9.17) is 0 Å². The second kappa shape index (κ2) is 3.06. The molecule has 0 nitrogen and oxygen atoms in total. The predicted octanol–water partition coefficient (Wildman–Crippen LogP) is 4.54. The molecule has 0 radical (unpaired) electrons. The molecule has 5 rings (SSSR count). The zero-order valence-electron chi connectivity index (χ0n) is 10.3. The van der Waals surface area contributed by atoms with Gasteiger partial charge in [0, 0.05) is 0 Å². The first kappa shape index (κ1) is 9.38. The lowest BCUT2D eigenvalue weighted by molar-refractivity contribution is 0.235. The van der Waals surface area contributed by atoms with Crippen LogP contribution in [0.4, 0.5) is 0 Å². The van der Waals surface area contributed by atoms with E-state index in [9.17, 15) is 0 Å². The fourth-order valence-corrected chi connectivity index (χ4v) is 4.85. The Bertz CT molecular complexity index is 582. The Morgan fingerprint density at radius 2 is 0.944 bits per heavy atom.